The van der Waals surface area contributed by atoms with Crippen LogP contribution in [-0.4, -0.2) is 24.9 Å². The van der Waals surface area contributed by atoms with Crippen LogP contribution in [0, 0.1) is 0 Å². The Balaban J connectivity index is 2.48. The standard InChI is InChI=1S/C15H15Cl2N3O/c1-20(2)15(21)10-7-6-9(18)8-13(10)19-14-11(16)4-3-5-12(14)17/h3-8,19H,18H2,1-2H3. The third-order valence-corrected chi connectivity index (χ3v) is 3.53. The van der Waals surface area contributed by atoms with Gasteiger partial charge in [-0.25, -0.2) is 0 Å². The van der Waals surface area contributed by atoms with E-state index in [1.807, 2.05) is 0 Å². The summed E-state index contributed by atoms with van der Waals surface area (Å²) in [5.41, 5.74) is 7.93. The normalized spacial score (nSPS) is 10.3. The molecule has 0 saturated heterocycles. The summed E-state index contributed by atoms with van der Waals surface area (Å²) >= 11 is 12.3. The molecule has 3 N–H and O–H groups in total. The summed E-state index contributed by atoms with van der Waals surface area (Å²) in [6.07, 6.45) is 0. The van der Waals surface area contributed by atoms with Crippen LogP contribution in [0.15, 0.2) is 36.4 Å². The second kappa shape index (κ2) is 6.24. The van der Waals surface area contributed by atoms with E-state index in [0.717, 1.165) is 0 Å². The van der Waals surface area contributed by atoms with E-state index < -0.39 is 0 Å². The van der Waals surface area contributed by atoms with Crippen LogP contribution < -0.4 is 11.1 Å². The molecule has 0 aliphatic heterocycles. The number of hydrogen-bond donors (Lipinski definition) is 2. The first-order chi connectivity index (χ1) is 9.90. The Bertz CT molecular complexity index is 666. The summed E-state index contributed by atoms with van der Waals surface area (Å²) in [7, 11) is 3.37. The molecular weight excluding hydrogens is 309 g/mol. The molecule has 2 rings (SSSR count). The van der Waals surface area contributed by atoms with Crippen LogP contribution in [0.25, 0.3) is 0 Å². The monoisotopic (exact) mass is 323 g/mol. The van der Waals surface area contributed by atoms with Crippen LogP contribution in [0.4, 0.5) is 17.1 Å². The maximum absolute atomic E-state index is 12.2. The quantitative estimate of drug-likeness (QED) is 0.838. The first-order valence-corrected chi connectivity index (χ1v) is 6.98. The molecule has 0 aliphatic rings. The lowest BCUT2D eigenvalue weighted by Crippen LogP contribution is -2.22. The van der Waals surface area contributed by atoms with Crippen molar-refractivity contribution in [3.63, 3.8) is 0 Å². The number of carbonyl (C=O) groups is 1. The van der Waals surface area contributed by atoms with E-state index in [4.69, 9.17) is 28.9 Å². The van der Waals surface area contributed by atoms with Crippen LogP contribution in [0.3, 0.4) is 0 Å². The fraction of sp³-hybridized carbons (Fsp3) is 0.133. The highest BCUT2D eigenvalue weighted by molar-refractivity contribution is 6.39. The van der Waals surface area contributed by atoms with Gasteiger partial charge in [-0.15, -0.1) is 0 Å². The summed E-state index contributed by atoms with van der Waals surface area (Å²) in [4.78, 5) is 13.7. The van der Waals surface area contributed by atoms with Crippen molar-refractivity contribution in [2.24, 2.45) is 0 Å². The first kappa shape index (κ1) is 15.5. The average molecular weight is 324 g/mol. The maximum Gasteiger partial charge on any atom is 0.255 e. The molecule has 6 heteroatoms. The molecule has 4 nitrogen and oxygen atoms in total. The third kappa shape index (κ3) is 3.40. The van der Waals surface area contributed by atoms with E-state index in [1.54, 1.807) is 50.5 Å². The van der Waals surface area contributed by atoms with E-state index in [9.17, 15) is 4.79 Å². The van der Waals surface area contributed by atoms with Gasteiger partial charge in [-0.3, -0.25) is 4.79 Å². The van der Waals surface area contributed by atoms with Crippen molar-refractivity contribution in [2.75, 3.05) is 25.1 Å². The highest BCUT2D eigenvalue weighted by Gasteiger charge is 2.15. The van der Waals surface area contributed by atoms with Gasteiger partial charge in [-0.05, 0) is 30.3 Å². The zero-order valence-electron chi connectivity index (χ0n) is 11.7. The lowest BCUT2D eigenvalue weighted by molar-refractivity contribution is 0.0828. The van der Waals surface area contributed by atoms with Crippen LogP contribution in [0.1, 0.15) is 10.4 Å². The predicted molar refractivity (Wildman–Crippen MR) is 88.6 cm³/mol. The summed E-state index contributed by atoms with van der Waals surface area (Å²) in [6.45, 7) is 0. The van der Waals surface area contributed by atoms with Crippen molar-refractivity contribution in [1.82, 2.24) is 4.90 Å². The SMILES string of the molecule is CN(C)C(=O)c1ccc(N)cc1Nc1c(Cl)cccc1Cl. The summed E-state index contributed by atoms with van der Waals surface area (Å²) in [5, 5.41) is 4.03. The number of anilines is 3. The van der Waals surface area contributed by atoms with Gasteiger partial charge in [0.05, 0.1) is 27.0 Å². The predicted octanol–water partition coefficient (Wildman–Crippen LogP) is 4.02. The molecular formula is C15H15Cl2N3O. The molecule has 0 radical (unpaired) electrons. The van der Waals surface area contributed by atoms with Gasteiger partial charge in [0.15, 0.2) is 0 Å². The van der Waals surface area contributed by atoms with Gasteiger partial charge >= 0.3 is 0 Å². The van der Waals surface area contributed by atoms with Gasteiger partial charge in [-0.1, -0.05) is 29.3 Å². The number of nitrogens with two attached hydrogens (primary N) is 1. The number of amides is 1. The first-order valence-electron chi connectivity index (χ1n) is 6.22. The molecule has 0 unspecified atom stereocenters. The average Bonchev–Trinajstić information content (AvgIpc) is 2.42. The minimum Gasteiger partial charge on any atom is -0.399 e. The molecule has 0 atom stereocenters. The fourth-order valence-corrected chi connectivity index (χ4v) is 2.34. The van der Waals surface area contributed by atoms with Crippen molar-refractivity contribution in [3.05, 3.63) is 52.0 Å². The minimum atomic E-state index is -0.138. The molecule has 0 heterocycles. The molecule has 21 heavy (non-hydrogen) atoms. The summed E-state index contributed by atoms with van der Waals surface area (Å²) in [6, 6.07) is 10.2. The number of para-hydroxylation sites is 1. The third-order valence-electron chi connectivity index (χ3n) is 2.90. The second-order valence-electron chi connectivity index (χ2n) is 4.73. The van der Waals surface area contributed by atoms with E-state index in [0.29, 0.717) is 32.7 Å². The van der Waals surface area contributed by atoms with Crippen LogP contribution in [-0.2, 0) is 0 Å². The number of halogens is 2. The second-order valence-corrected chi connectivity index (χ2v) is 5.54. The molecule has 0 spiro atoms. The molecule has 2 aromatic rings. The molecule has 2 aromatic carbocycles. The maximum atomic E-state index is 12.2. The number of nitrogens with zero attached hydrogens (tertiary/aromatic N) is 1. The van der Waals surface area contributed by atoms with Gasteiger partial charge < -0.3 is 16.0 Å². The largest absolute Gasteiger partial charge is 0.399 e. The Morgan fingerprint density at radius 3 is 2.33 bits per heavy atom. The van der Waals surface area contributed by atoms with Gasteiger partial charge in [0, 0.05) is 19.8 Å². The Morgan fingerprint density at radius 2 is 1.76 bits per heavy atom. The van der Waals surface area contributed by atoms with Crippen molar-refractivity contribution >= 4 is 46.2 Å². The molecule has 1 amide bonds. The fourth-order valence-electron chi connectivity index (χ4n) is 1.84. The highest BCUT2D eigenvalue weighted by atomic mass is 35.5. The Hall–Kier alpha value is -1.91. The molecule has 0 bridgehead atoms. The van der Waals surface area contributed by atoms with Crippen molar-refractivity contribution in [1.29, 1.82) is 0 Å². The number of benzene rings is 2. The molecule has 0 saturated carbocycles. The molecule has 110 valence electrons. The van der Waals surface area contributed by atoms with Gasteiger partial charge in [0.2, 0.25) is 0 Å². The number of carbonyl (C=O) groups excluding carboxylic acids is 1. The van der Waals surface area contributed by atoms with E-state index in [1.165, 1.54) is 4.90 Å². The van der Waals surface area contributed by atoms with Gasteiger partial charge in [0.1, 0.15) is 0 Å². The van der Waals surface area contributed by atoms with E-state index >= 15 is 0 Å². The van der Waals surface area contributed by atoms with Crippen LogP contribution in [0.2, 0.25) is 10.0 Å². The zero-order valence-corrected chi connectivity index (χ0v) is 13.2. The number of nitrogens with one attached hydrogen (secondary N) is 1. The Morgan fingerprint density at radius 1 is 1.14 bits per heavy atom. The minimum absolute atomic E-state index is 0.138. The van der Waals surface area contributed by atoms with Crippen molar-refractivity contribution in [3.8, 4) is 0 Å². The summed E-state index contributed by atoms with van der Waals surface area (Å²) in [5.74, 6) is -0.138. The summed E-state index contributed by atoms with van der Waals surface area (Å²) < 4.78 is 0. The number of nitrogen functional groups attached to an aromatic ring is 1. The van der Waals surface area contributed by atoms with Crippen LogP contribution >= 0.6 is 23.2 Å². The van der Waals surface area contributed by atoms with E-state index in [2.05, 4.69) is 5.32 Å². The van der Waals surface area contributed by atoms with E-state index in [-0.39, 0.29) is 5.91 Å². The Kier molecular flexibility index (Phi) is 4.60. The zero-order chi connectivity index (χ0) is 15.6. The van der Waals surface area contributed by atoms with Gasteiger partial charge in [-0.2, -0.15) is 0 Å². The van der Waals surface area contributed by atoms with Gasteiger partial charge in [0.25, 0.3) is 5.91 Å². The van der Waals surface area contributed by atoms with Crippen LogP contribution in [0.5, 0.6) is 0 Å². The number of rotatable bonds is 3. The van der Waals surface area contributed by atoms with Crippen molar-refractivity contribution in [2.45, 2.75) is 0 Å². The molecule has 0 fully saturated rings. The molecule has 0 aliphatic carbocycles. The topological polar surface area (TPSA) is 58.4 Å². The Labute approximate surface area is 133 Å². The number of hydrogen-bond acceptors (Lipinski definition) is 3. The lowest BCUT2D eigenvalue weighted by Gasteiger charge is -2.17. The smallest absolute Gasteiger partial charge is 0.255 e. The lowest BCUT2D eigenvalue weighted by atomic mass is 10.1. The van der Waals surface area contributed by atoms with Crippen molar-refractivity contribution < 1.29 is 4.79 Å². The molecule has 0 aromatic heterocycles. The highest BCUT2D eigenvalue weighted by Crippen LogP contribution is 2.34.